The van der Waals surface area contributed by atoms with Crippen molar-refractivity contribution in [3.8, 4) is 11.3 Å². The molecule has 0 radical (unpaired) electrons. The summed E-state index contributed by atoms with van der Waals surface area (Å²) in [6, 6.07) is 8.49. The molecule has 0 amide bonds. The number of anilines is 2. The molecule has 0 spiro atoms. The maximum Gasteiger partial charge on any atom is 0.216 e. The minimum atomic E-state index is -0.0760. The smallest absolute Gasteiger partial charge is 0.216 e. The van der Waals surface area contributed by atoms with Gasteiger partial charge in [-0.2, -0.15) is 4.52 Å². The summed E-state index contributed by atoms with van der Waals surface area (Å²) in [6.07, 6.45) is 0. The second kappa shape index (κ2) is 6.55. The van der Waals surface area contributed by atoms with Gasteiger partial charge >= 0.3 is 0 Å². The van der Waals surface area contributed by atoms with E-state index in [1.54, 1.807) is 11.3 Å². The van der Waals surface area contributed by atoms with Crippen molar-refractivity contribution in [2.45, 2.75) is 33.2 Å². The van der Waals surface area contributed by atoms with Gasteiger partial charge in [-0.15, -0.1) is 5.10 Å². The highest BCUT2D eigenvalue weighted by atomic mass is 32.1. The van der Waals surface area contributed by atoms with Gasteiger partial charge < -0.3 is 15.5 Å². The first-order valence-electron chi connectivity index (χ1n) is 9.11. The Hall–Kier alpha value is -2.12. The molecule has 2 aromatic heterocycles. The molecule has 26 heavy (non-hydrogen) atoms. The second-order valence-corrected chi connectivity index (χ2v) is 8.80. The lowest BCUT2D eigenvalue weighted by atomic mass is 10.1. The average molecular weight is 371 g/mol. The molecule has 7 heteroatoms. The van der Waals surface area contributed by atoms with Crippen molar-refractivity contribution < 1.29 is 0 Å². The molecule has 1 aliphatic heterocycles. The summed E-state index contributed by atoms with van der Waals surface area (Å²) >= 11 is 1.66. The van der Waals surface area contributed by atoms with Gasteiger partial charge in [0, 0.05) is 37.3 Å². The standard InChI is InChI=1S/C19H26N6S/c1-13-6-5-7-14(12-13)15-16(22-19(2,3)4)25-17(21-15)26-18(23-25)24-10-8-20-9-11-24/h5-7,12,20,22H,8-11H2,1-4H3. The fourth-order valence-corrected chi connectivity index (χ4v) is 4.14. The number of aromatic nitrogens is 3. The topological polar surface area (TPSA) is 57.5 Å². The van der Waals surface area contributed by atoms with Gasteiger partial charge in [0.2, 0.25) is 10.1 Å². The van der Waals surface area contributed by atoms with Gasteiger partial charge in [-0.25, -0.2) is 4.98 Å². The Morgan fingerprint density at radius 2 is 1.96 bits per heavy atom. The van der Waals surface area contributed by atoms with Crippen molar-refractivity contribution in [2.24, 2.45) is 0 Å². The lowest BCUT2D eigenvalue weighted by molar-refractivity contribution is 0.585. The Morgan fingerprint density at radius 3 is 2.65 bits per heavy atom. The summed E-state index contributed by atoms with van der Waals surface area (Å²) in [7, 11) is 0. The quantitative estimate of drug-likeness (QED) is 0.740. The summed E-state index contributed by atoms with van der Waals surface area (Å²) < 4.78 is 1.98. The van der Waals surface area contributed by atoms with E-state index in [4.69, 9.17) is 10.1 Å². The number of nitrogens with zero attached hydrogens (tertiary/aromatic N) is 4. The van der Waals surface area contributed by atoms with Gasteiger partial charge in [0.15, 0.2) is 5.82 Å². The van der Waals surface area contributed by atoms with E-state index >= 15 is 0 Å². The number of nitrogens with one attached hydrogen (secondary N) is 2. The Kier molecular flexibility index (Phi) is 4.36. The van der Waals surface area contributed by atoms with Crippen molar-refractivity contribution in [3.63, 3.8) is 0 Å². The Labute approximate surface area is 158 Å². The van der Waals surface area contributed by atoms with E-state index in [1.807, 2.05) is 4.52 Å². The zero-order chi connectivity index (χ0) is 18.3. The molecule has 6 nitrogen and oxygen atoms in total. The first-order chi connectivity index (χ1) is 12.4. The summed E-state index contributed by atoms with van der Waals surface area (Å²) in [4.78, 5) is 8.21. The third-order valence-electron chi connectivity index (χ3n) is 4.37. The molecule has 0 saturated carbocycles. The third kappa shape index (κ3) is 3.41. The van der Waals surface area contributed by atoms with Crippen molar-refractivity contribution in [2.75, 3.05) is 36.4 Å². The van der Waals surface area contributed by atoms with Crippen molar-refractivity contribution in [1.29, 1.82) is 0 Å². The van der Waals surface area contributed by atoms with Crippen molar-refractivity contribution in [3.05, 3.63) is 29.8 Å². The van der Waals surface area contributed by atoms with Crippen LogP contribution in [-0.2, 0) is 0 Å². The predicted octanol–water partition coefficient (Wildman–Crippen LogP) is 3.39. The fourth-order valence-electron chi connectivity index (χ4n) is 3.18. The second-order valence-electron chi connectivity index (χ2n) is 7.87. The van der Waals surface area contributed by atoms with Crippen LogP contribution in [0.3, 0.4) is 0 Å². The van der Waals surface area contributed by atoms with Crippen LogP contribution >= 0.6 is 11.3 Å². The molecule has 1 fully saturated rings. The Bertz CT molecular complexity index is 914. The minimum Gasteiger partial charge on any atom is -0.364 e. The number of aryl methyl sites for hydroxylation is 1. The highest BCUT2D eigenvalue weighted by Gasteiger charge is 2.24. The number of piperazine rings is 1. The van der Waals surface area contributed by atoms with Crippen molar-refractivity contribution >= 4 is 27.2 Å². The first kappa shape index (κ1) is 17.3. The third-order valence-corrected chi connectivity index (χ3v) is 5.33. The number of benzene rings is 1. The summed E-state index contributed by atoms with van der Waals surface area (Å²) in [5.74, 6) is 0.968. The van der Waals surface area contributed by atoms with Crippen LogP contribution in [0.2, 0.25) is 0 Å². The van der Waals surface area contributed by atoms with Gasteiger partial charge in [-0.1, -0.05) is 35.1 Å². The number of imidazole rings is 1. The van der Waals surface area contributed by atoms with E-state index < -0.39 is 0 Å². The molecule has 1 aromatic carbocycles. The largest absolute Gasteiger partial charge is 0.364 e. The summed E-state index contributed by atoms with van der Waals surface area (Å²) in [5.41, 5.74) is 3.25. The highest BCUT2D eigenvalue weighted by Crippen LogP contribution is 2.35. The molecule has 4 rings (SSSR count). The lowest BCUT2D eigenvalue weighted by Gasteiger charge is -2.26. The van der Waals surface area contributed by atoms with Gasteiger partial charge in [0.1, 0.15) is 5.69 Å². The van der Waals surface area contributed by atoms with E-state index in [-0.39, 0.29) is 5.54 Å². The van der Waals surface area contributed by atoms with Crippen LogP contribution in [0, 0.1) is 6.92 Å². The molecule has 138 valence electrons. The van der Waals surface area contributed by atoms with Crippen LogP contribution in [0.4, 0.5) is 10.9 Å². The highest BCUT2D eigenvalue weighted by molar-refractivity contribution is 7.20. The van der Waals surface area contributed by atoms with E-state index in [0.29, 0.717) is 0 Å². The lowest BCUT2D eigenvalue weighted by Crippen LogP contribution is -2.43. The van der Waals surface area contributed by atoms with Crippen molar-refractivity contribution in [1.82, 2.24) is 19.9 Å². The molecule has 0 bridgehead atoms. The molecular formula is C19H26N6S. The van der Waals surface area contributed by atoms with Crippen LogP contribution < -0.4 is 15.5 Å². The number of fused-ring (bicyclic) bond motifs is 1. The zero-order valence-electron chi connectivity index (χ0n) is 15.8. The monoisotopic (exact) mass is 370 g/mol. The van der Waals surface area contributed by atoms with E-state index in [9.17, 15) is 0 Å². The average Bonchev–Trinajstić information content (AvgIpc) is 3.14. The van der Waals surface area contributed by atoms with E-state index in [1.165, 1.54) is 5.56 Å². The SMILES string of the molecule is Cc1cccc(-c2nc3sc(N4CCNCC4)nn3c2NC(C)(C)C)c1. The van der Waals surface area contributed by atoms with Crippen LogP contribution in [0.15, 0.2) is 24.3 Å². The maximum absolute atomic E-state index is 4.94. The van der Waals surface area contributed by atoms with Gasteiger partial charge in [-0.3, -0.25) is 0 Å². The maximum atomic E-state index is 4.94. The predicted molar refractivity (Wildman–Crippen MR) is 109 cm³/mol. The molecule has 3 aromatic rings. The molecule has 0 aliphatic carbocycles. The van der Waals surface area contributed by atoms with E-state index in [2.05, 4.69) is 67.5 Å². The number of hydrogen-bond donors (Lipinski definition) is 2. The van der Waals surface area contributed by atoms with Gasteiger partial charge in [0.25, 0.3) is 0 Å². The zero-order valence-corrected chi connectivity index (χ0v) is 16.7. The molecule has 2 N–H and O–H groups in total. The van der Waals surface area contributed by atoms with E-state index in [0.717, 1.165) is 53.3 Å². The molecule has 0 atom stereocenters. The van der Waals surface area contributed by atoms with Crippen LogP contribution in [0.1, 0.15) is 26.3 Å². The van der Waals surface area contributed by atoms with Gasteiger partial charge in [0.05, 0.1) is 0 Å². The molecule has 1 aliphatic rings. The Balaban J connectivity index is 1.81. The summed E-state index contributed by atoms with van der Waals surface area (Å²) in [5, 5.41) is 13.0. The van der Waals surface area contributed by atoms with Crippen LogP contribution in [0.25, 0.3) is 16.2 Å². The number of rotatable bonds is 3. The minimum absolute atomic E-state index is 0.0760. The van der Waals surface area contributed by atoms with Crippen LogP contribution in [-0.4, -0.2) is 46.3 Å². The van der Waals surface area contributed by atoms with Crippen LogP contribution in [0.5, 0.6) is 0 Å². The van der Waals surface area contributed by atoms with Gasteiger partial charge in [-0.05, 0) is 33.8 Å². The molecule has 0 unspecified atom stereocenters. The normalized spacial score (nSPS) is 15.6. The molecular weight excluding hydrogens is 344 g/mol. The number of hydrogen-bond acceptors (Lipinski definition) is 6. The fraction of sp³-hybridized carbons (Fsp3) is 0.474. The molecule has 1 saturated heterocycles. The first-order valence-corrected chi connectivity index (χ1v) is 9.93. The Morgan fingerprint density at radius 1 is 1.19 bits per heavy atom. The molecule has 3 heterocycles. The summed E-state index contributed by atoms with van der Waals surface area (Å²) in [6.45, 7) is 12.6.